The van der Waals surface area contributed by atoms with Gasteiger partial charge in [-0.2, -0.15) is 0 Å². The van der Waals surface area contributed by atoms with Gasteiger partial charge in [0.15, 0.2) is 0 Å². The summed E-state index contributed by atoms with van der Waals surface area (Å²) in [6, 6.07) is 7.13. The molecule has 108 valence electrons. The zero-order valence-corrected chi connectivity index (χ0v) is 12.1. The van der Waals surface area contributed by atoms with Crippen molar-refractivity contribution in [3.63, 3.8) is 0 Å². The van der Waals surface area contributed by atoms with E-state index in [9.17, 15) is 4.79 Å². The van der Waals surface area contributed by atoms with Crippen molar-refractivity contribution in [2.24, 2.45) is 7.05 Å². The molecule has 0 aliphatic carbocycles. The van der Waals surface area contributed by atoms with E-state index in [1.807, 2.05) is 38.4 Å². The lowest BCUT2D eigenvalue weighted by Gasteiger charge is -2.16. The van der Waals surface area contributed by atoms with Crippen LogP contribution in [-0.4, -0.2) is 24.2 Å². The van der Waals surface area contributed by atoms with Gasteiger partial charge in [0.2, 0.25) is 0 Å². The van der Waals surface area contributed by atoms with Crippen LogP contribution in [-0.2, 0) is 18.2 Å². The number of aryl methyl sites for hydroxylation is 2. The first kappa shape index (κ1) is 14.4. The van der Waals surface area contributed by atoms with Gasteiger partial charge in [0.05, 0.1) is 6.61 Å². The molecule has 1 atom stereocenters. The van der Waals surface area contributed by atoms with E-state index in [1.165, 1.54) is 0 Å². The van der Waals surface area contributed by atoms with Crippen LogP contribution in [0, 0.1) is 0 Å². The van der Waals surface area contributed by atoms with Crippen molar-refractivity contribution in [3.8, 4) is 0 Å². The van der Waals surface area contributed by atoms with E-state index in [-0.39, 0.29) is 11.9 Å². The topological polar surface area (TPSA) is 56.4 Å². The van der Waals surface area contributed by atoms with E-state index in [0.29, 0.717) is 18.1 Å². The van der Waals surface area contributed by atoms with Crippen molar-refractivity contribution in [2.45, 2.75) is 19.4 Å². The maximum Gasteiger partial charge on any atom is 0.268 e. The SMILES string of the molecule is CCc1ccc([C@H](COC)NC(=O)c2cccn2C)o1. The molecule has 0 aromatic carbocycles. The van der Waals surface area contributed by atoms with Crippen LogP contribution in [0.15, 0.2) is 34.9 Å². The average Bonchev–Trinajstić information content (AvgIpc) is 3.06. The third-order valence-electron chi connectivity index (χ3n) is 3.19. The Morgan fingerprint density at radius 3 is 2.80 bits per heavy atom. The summed E-state index contributed by atoms with van der Waals surface area (Å²) in [6.07, 6.45) is 2.66. The molecule has 0 aliphatic heterocycles. The van der Waals surface area contributed by atoms with E-state index < -0.39 is 0 Å². The Morgan fingerprint density at radius 1 is 1.45 bits per heavy atom. The van der Waals surface area contributed by atoms with Crippen molar-refractivity contribution >= 4 is 5.91 Å². The van der Waals surface area contributed by atoms with Gasteiger partial charge in [-0.05, 0) is 24.3 Å². The van der Waals surface area contributed by atoms with E-state index in [1.54, 1.807) is 17.7 Å². The molecule has 0 spiro atoms. The molecule has 0 unspecified atom stereocenters. The molecule has 5 nitrogen and oxygen atoms in total. The van der Waals surface area contributed by atoms with E-state index >= 15 is 0 Å². The third-order valence-corrected chi connectivity index (χ3v) is 3.19. The van der Waals surface area contributed by atoms with Gasteiger partial charge in [-0.25, -0.2) is 0 Å². The highest BCUT2D eigenvalue weighted by Gasteiger charge is 2.20. The number of nitrogens with one attached hydrogen (secondary N) is 1. The number of methoxy groups -OCH3 is 1. The Labute approximate surface area is 118 Å². The summed E-state index contributed by atoms with van der Waals surface area (Å²) in [5, 5.41) is 2.94. The fourth-order valence-electron chi connectivity index (χ4n) is 2.06. The Balaban J connectivity index is 2.13. The molecule has 0 aliphatic rings. The van der Waals surface area contributed by atoms with Gasteiger partial charge in [-0.3, -0.25) is 4.79 Å². The standard InChI is InChI=1S/C15H20N2O3/c1-4-11-7-8-14(20-11)12(10-19-3)16-15(18)13-6-5-9-17(13)2/h5-9,12H,4,10H2,1-3H3,(H,16,18)/t12-/m0/s1. The number of hydrogen-bond donors (Lipinski definition) is 1. The summed E-state index contributed by atoms with van der Waals surface area (Å²) in [5.74, 6) is 1.47. The zero-order valence-electron chi connectivity index (χ0n) is 12.1. The van der Waals surface area contributed by atoms with Crippen molar-refractivity contribution < 1.29 is 13.9 Å². The summed E-state index contributed by atoms with van der Waals surface area (Å²) >= 11 is 0. The van der Waals surface area contributed by atoms with Crippen LogP contribution in [0.4, 0.5) is 0 Å². The molecule has 1 N–H and O–H groups in total. The summed E-state index contributed by atoms with van der Waals surface area (Å²) in [4.78, 5) is 12.2. The third kappa shape index (κ3) is 3.11. The summed E-state index contributed by atoms with van der Waals surface area (Å²) in [5.41, 5.74) is 0.605. The van der Waals surface area contributed by atoms with Crippen LogP contribution >= 0.6 is 0 Å². The molecule has 0 radical (unpaired) electrons. The molecule has 0 saturated heterocycles. The molecule has 0 saturated carbocycles. The molecule has 2 aromatic rings. The van der Waals surface area contributed by atoms with Crippen LogP contribution in [0.5, 0.6) is 0 Å². The first-order valence-corrected chi connectivity index (χ1v) is 6.65. The molecule has 0 bridgehead atoms. The number of rotatable bonds is 6. The van der Waals surface area contributed by atoms with Crippen molar-refractivity contribution in [3.05, 3.63) is 47.7 Å². The maximum atomic E-state index is 12.2. The molecular formula is C15H20N2O3. The lowest BCUT2D eigenvalue weighted by atomic mass is 10.2. The highest BCUT2D eigenvalue weighted by atomic mass is 16.5. The quantitative estimate of drug-likeness (QED) is 0.880. The maximum absolute atomic E-state index is 12.2. The van der Waals surface area contributed by atoms with Gasteiger partial charge < -0.3 is 19.0 Å². The normalized spacial score (nSPS) is 12.3. The Bertz CT molecular complexity index is 571. The van der Waals surface area contributed by atoms with Gasteiger partial charge in [0.1, 0.15) is 23.3 Å². The van der Waals surface area contributed by atoms with Gasteiger partial charge in [0, 0.05) is 26.8 Å². The minimum Gasteiger partial charge on any atom is -0.464 e. The first-order chi connectivity index (χ1) is 9.65. The molecule has 20 heavy (non-hydrogen) atoms. The Kier molecular flexibility index (Phi) is 4.63. The minimum absolute atomic E-state index is 0.144. The number of hydrogen-bond acceptors (Lipinski definition) is 3. The fraction of sp³-hybridized carbons (Fsp3) is 0.400. The lowest BCUT2D eigenvalue weighted by molar-refractivity contribution is 0.0874. The summed E-state index contributed by atoms with van der Waals surface area (Å²) in [6.45, 7) is 2.39. The Morgan fingerprint density at radius 2 is 2.25 bits per heavy atom. The van der Waals surface area contributed by atoms with E-state index in [4.69, 9.17) is 9.15 Å². The number of carbonyl (C=O) groups is 1. The largest absolute Gasteiger partial charge is 0.464 e. The second-order valence-corrected chi connectivity index (χ2v) is 4.64. The predicted molar refractivity (Wildman–Crippen MR) is 75.6 cm³/mol. The molecule has 0 fully saturated rings. The van der Waals surface area contributed by atoms with Crippen LogP contribution in [0.2, 0.25) is 0 Å². The lowest BCUT2D eigenvalue weighted by Crippen LogP contribution is -2.32. The van der Waals surface area contributed by atoms with Crippen LogP contribution < -0.4 is 5.32 Å². The van der Waals surface area contributed by atoms with Crippen molar-refractivity contribution in [1.29, 1.82) is 0 Å². The monoisotopic (exact) mass is 276 g/mol. The number of carbonyl (C=O) groups excluding carboxylic acids is 1. The summed E-state index contributed by atoms with van der Waals surface area (Å²) < 4.78 is 12.6. The number of aromatic nitrogens is 1. The van der Waals surface area contributed by atoms with Gasteiger partial charge in [-0.1, -0.05) is 6.92 Å². The van der Waals surface area contributed by atoms with Crippen LogP contribution in [0.1, 0.15) is 35.0 Å². The molecule has 2 rings (SSSR count). The zero-order chi connectivity index (χ0) is 14.5. The average molecular weight is 276 g/mol. The number of ether oxygens (including phenoxy) is 1. The molecular weight excluding hydrogens is 256 g/mol. The van der Waals surface area contributed by atoms with Crippen molar-refractivity contribution in [2.75, 3.05) is 13.7 Å². The van der Waals surface area contributed by atoms with Crippen molar-refractivity contribution in [1.82, 2.24) is 9.88 Å². The highest BCUT2D eigenvalue weighted by Crippen LogP contribution is 2.18. The molecule has 2 heterocycles. The predicted octanol–water partition coefficient (Wildman–Crippen LogP) is 2.30. The van der Waals surface area contributed by atoms with Gasteiger partial charge >= 0.3 is 0 Å². The molecule has 5 heteroatoms. The number of furan rings is 1. The first-order valence-electron chi connectivity index (χ1n) is 6.65. The van der Waals surface area contributed by atoms with Gasteiger partial charge in [-0.15, -0.1) is 0 Å². The van der Waals surface area contributed by atoms with Gasteiger partial charge in [0.25, 0.3) is 5.91 Å². The van der Waals surface area contributed by atoms with Crippen LogP contribution in [0.25, 0.3) is 0 Å². The van der Waals surface area contributed by atoms with E-state index in [2.05, 4.69) is 5.32 Å². The summed E-state index contributed by atoms with van der Waals surface area (Å²) in [7, 11) is 3.44. The highest BCUT2D eigenvalue weighted by molar-refractivity contribution is 5.92. The van der Waals surface area contributed by atoms with Crippen LogP contribution in [0.3, 0.4) is 0 Å². The fourth-order valence-corrected chi connectivity index (χ4v) is 2.06. The smallest absolute Gasteiger partial charge is 0.268 e. The second kappa shape index (κ2) is 6.43. The molecule has 2 aromatic heterocycles. The van der Waals surface area contributed by atoms with E-state index in [0.717, 1.165) is 12.2 Å². The molecule has 1 amide bonds. The second-order valence-electron chi connectivity index (χ2n) is 4.64. The Hall–Kier alpha value is -2.01. The number of nitrogens with zero attached hydrogens (tertiary/aromatic N) is 1. The minimum atomic E-state index is -0.289. The number of amides is 1.